The number of halogens is 1. The summed E-state index contributed by atoms with van der Waals surface area (Å²) < 4.78 is 5.43. The smallest absolute Gasteiger partial charge is 0.148 e. The Morgan fingerprint density at radius 3 is 2.74 bits per heavy atom. The zero-order valence-corrected chi connectivity index (χ0v) is 11.6. The Hall–Kier alpha value is -0.750. The van der Waals surface area contributed by atoms with Gasteiger partial charge in [-0.25, -0.2) is 9.97 Å². The van der Waals surface area contributed by atoms with Crippen LogP contribution in [0.3, 0.4) is 0 Å². The van der Waals surface area contributed by atoms with Crippen molar-refractivity contribution in [3.8, 4) is 0 Å². The molecule has 0 amide bonds. The van der Waals surface area contributed by atoms with Gasteiger partial charge in [-0.2, -0.15) is 0 Å². The van der Waals surface area contributed by atoms with E-state index in [9.17, 15) is 0 Å². The zero-order chi connectivity index (χ0) is 12.8. The molecule has 0 aromatic carbocycles. The lowest BCUT2D eigenvalue weighted by Crippen LogP contribution is -2.57. The van der Waals surface area contributed by atoms with Gasteiger partial charge in [0.15, 0.2) is 0 Å². The minimum Gasteiger partial charge on any atom is -0.376 e. The van der Waals surface area contributed by atoms with Crippen LogP contribution in [-0.4, -0.2) is 59.1 Å². The fourth-order valence-electron chi connectivity index (χ4n) is 3.22. The number of piperazine rings is 3. The Kier molecular flexibility index (Phi) is 2.95. The van der Waals surface area contributed by atoms with Gasteiger partial charge in [-0.1, -0.05) is 11.6 Å². The Bertz CT molecular complexity index is 502. The third kappa shape index (κ3) is 2.05. The summed E-state index contributed by atoms with van der Waals surface area (Å²) in [6.07, 6.45) is 0.848. The summed E-state index contributed by atoms with van der Waals surface area (Å²) in [5, 5.41) is 0.581. The molecule has 6 heteroatoms. The van der Waals surface area contributed by atoms with Crippen molar-refractivity contribution in [2.24, 2.45) is 0 Å². The molecular weight excluding hydrogens is 264 g/mol. The molecule has 4 aliphatic heterocycles. The van der Waals surface area contributed by atoms with Crippen LogP contribution in [0.5, 0.6) is 0 Å². The van der Waals surface area contributed by atoms with E-state index >= 15 is 0 Å². The molecule has 3 saturated heterocycles. The first-order valence-corrected chi connectivity index (χ1v) is 7.28. The van der Waals surface area contributed by atoms with Gasteiger partial charge in [-0.05, 0) is 0 Å². The normalized spacial score (nSPS) is 33.2. The second-order valence-electron chi connectivity index (χ2n) is 5.45. The predicted octanol–water partition coefficient (Wildman–Crippen LogP) is 0.875. The molecular formula is C13H17ClN4O. The van der Waals surface area contributed by atoms with E-state index in [0.29, 0.717) is 17.8 Å². The molecule has 0 N–H and O–H groups in total. The molecule has 0 saturated carbocycles. The van der Waals surface area contributed by atoms with Crippen molar-refractivity contribution in [3.63, 3.8) is 0 Å². The lowest BCUT2D eigenvalue weighted by Gasteiger charge is -2.46. The summed E-state index contributed by atoms with van der Waals surface area (Å²) in [6, 6.07) is 0.313. The molecule has 1 unspecified atom stereocenters. The molecule has 102 valence electrons. The van der Waals surface area contributed by atoms with Crippen LogP contribution >= 0.6 is 11.6 Å². The van der Waals surface area contributed by atoms with Crippen LogP contribution in [0, 0.1) is 0 Å². The van der Waals surface area contributed by atoms with Crippen LogP contribution in [0.2, 0.25) is 5.15 Å². The molecule has 5 rings (SSSR count). The van der Waals surface area contributed by atoms with Crippen molar-refractivity contribution in [2.75, 3.05) is 39.3 Å². The largest absolute Gasteiger partial charge is 0.376 e. The molecule has 19 heavy (non-hydrogen) atoms. The summed E-state index contributed by atoms with van der Waals surface area (Å²) in [4.78, 5) is 14.3. The predicted molar refractivity (Wildman–Crippen MR) is 71.2 cm³/mol. The first-order chi connectivity index (χ1) is 9.31. The molecule has 5 heterocycles. The lowest BCUT2D eigenvalue weighted by molar-refractivity contribution is 0.00831. The highest BCUT2D eigenvalue weighted by Crippen LogP contribution is 2.30. The number of rotatable bonds is 1. The summed E-state index contributed by atoms with van der Waals surface area (Å²) in [7, 11) is 0. The number of aromatic nitrogens is 2. The molecule has 4 aliphatic rings. The first-order valence-electron chi connectivity index (χ1n) is 6.90. The van der Waals surface area contributed by atoms with E-state index in [1.807, 2.05) is 0 Å². The molecule has 1 aromatic rings. The number of fused-ring (bicyclic) bond motifs is 4. The van der Waals surface area contributed by atoms with Gasteiger partial charge >= 0.3 is 0 Å². The SMILES string of the molecule is Clc1nc(C2CN3CCN2CC3)nc2c1COCC2. The van der Waals surface area contributed by atoms with E-state index in [4.69, 9.17) is 21.3 Å². The van der Waals surface area contributed by atoms with Crippen molar-refractivity contribution in [2.45, 2.75) is 19.1 Å². The van der Waals surface area contributed by atoms with E-state index in [1.165, 1.54) is 13.1 Å². The monoisotopic (exact) mass is 280 g/mol. The van der Waals surface area contributed by atoms with Gasteiger partial charge in [0.05, 0.1) is 24.9 Å². The highest BCUT2D eigenvalue weighted by atomic mass is 35.5. The molecule has 2 bridgehead atoms. The fourth-order valence-corrected chi connectivity index (χ4v) is 3.47. The summed E-state index contributed by atoms with van der Waals surface area (Å²) in [6.45, 7) is 6.89. The second-order valence-corrected chi connectivity index (χ2v) is 5.81. The van der Waals surface area contributed by atoms with E-state index in [-0.39, 0.29) is 0 Å². The van der Waals surface area contributed by atoms with Crippen LogP contribution in [0.25, 0.3) is 0 Å². The van der Waals surface area contributed by atoms with Crippen LogP contribution < -0.4 is 0 Å². The van der Waals surface area contributed by atoms with Crippen molar-refractivity contribution in [3.05, 3.63) is 22.2 Å². The van der Waals surface area contributed by atoms with Crippen molar-refractivity contribution < 1.29 is 4.74 Å². The molecule has 0 radical (unpaired) electrons. The van der Waals surface area contributed by atoms with Crippen LogP contribution in [0.4, 0.5) is 0 Å². The van der Waals surface area contributed by atoms with Gasteiger partial charge < -0.3 is 4.74 Å². The van der Waals surface area contributed by atoms with Gasteiger partial charge in [-0.15, -0.1) is 0 Å². The summed E-state index contributed by atoms with van der Waals surface area (Å²) in [5.74, 6) is 0.898. The Morgan fingerprint density at radius 1 is 1.16 bits per heavy atom. The highest BCUT2D eigenvalue weighted by Gasteiger charge is 2.35. The molecule has 0 spiro atoms. The minimum atomic E-state index is 0.313. The summed E-state index contributed by atoms with van der Waals surface area (Å²) in [5.41, 5.74) is 2.06. The van der Waals surface area contributed by atoms with Gasteiger partial charge in [0.25, 0.3) is 0 Å². The summed E-state index contributed by atoms with van der Waals surface area (Å²) >= 11 is 6.31. The average Bonchev–Trinajstić information content (AvgIpc) is 2.48. The second kappa shape index (κ2) is 4.66. The third-order valence-corrected chi connectivity index (χ3v) is 4.68. The van der Waals surface area contributed by atoms with E-state index in [0.717, 1.165) is 49.7 Å². The Balaban J connectivity index is 1.70. The van der Waals surface area contributed by atoms with Crippen LogP contribution in [0.1, 0.15) is 23.1 Å². The number of ether oxygens (including phenoxy) is 1. The number of hydrogen-bond donors (Lipinski definition) is 0. The third-order valence-electron chi connectivity index (χ3n) is 4.37. The number of hydrogen-bond acceptors (Lipinski definition) is 5. The molecule has 5 nitrogen and oxygen atoms in total. The standard InChI is InChI=1S/C13H17ClN4O/c14-12-9-8-19-6-1-10(9)15-13(16-12)11-7-17-2-4-18(11)5-3-17/h11H,1-8H2. The molecule has 3 fully saturated rings. The zero-order valence-electron chi connectivity index (χ0n) is 10.8. The Morgan fingerprint density at radius 2 is 2.00 bits per heavy atom. The maximum Gasteiger partial charge on any atom is 0.148 e. The van der Waals surface area contributed by atoms with Crippen molar-refractivity contribution in [1.29, 1.82) is 0 Å². The maximum absolute atomic E-state index is 6.31. The molecule has 0 aliphatic carbocycles. The van der Waals surface area contributed by atoms with E-state index in [2.05, 4.69) is 14.8 Å². The lowest BCUT2D eigenvalue weighted by atomic mass is 10.1. The van der Waals surface area contributed by atoms with Gasteiger partial charge in [0.2, 0.25) is 0 Å². The fraction of sp³-hybridized carbons (Fsp3) is 0.692. The minimum absolute atomic E-state index is 0.313. The average molecular weight is 281 g/mol. The van der Waals surface area contributed by atoms with Gasteiger partial charge in [0, 0.05) is 44.7 Å². The van der Waals surface area contributed by atoms with Crippen LogP contribution in [-0.2, 0) is 17.8 Å². The topological polar surface area (TPSA) is 41.5 Å². The highest BCUT2D eigenvalue weighted by molar-refractivity contribution is 6.30. The van der Waals surface area contributed by atoms with Gasteiger partial charge in [-0.3, -0.25) is 9.80 Å². The molecule has 1 aromatic heterocycles. The van der Waals surface area contributed by atoms with E-state index in [1.54, 1.807) is 0 Å². The van der Waals surface area contributed by atoms with Crippen molar-refractivity contribution >= 4 is 11.6 Å². The van der Waals surface area contributed by atoms with E-state index < -0.39 is 0 Å². The van der Waals surface area contributed by atoms with Crippen molar-refractivity contribution in [1.82, 2.24) is 19.8 Å². The molecule has 1 atom stereocenters. The first kappa shape index (κ1) is 12.0. The van der Waals surface area contributed by atoms with Crippen LogP contribution in [0.15, 0.2) is 0 Å². The van der Waals surface area contributed by atoms with Gasteiger partial charge in [0.1, 0.15) is 11.0 Å². The maximum atomic E-state index is 6.31. The quantitative estimate of drug-likeness (QED) is 0.714. The number of nitrogens with zero attached hydrogens (tertiary/aromatic N) is 4. The Labute approximate surface area is 117 Å².